The van der Waals surface area contributed by atoms with Crippen molar-refractivity contribution in [1.29, 1.82) is 0 Å². The van der Waals surface area contributed by atoms with Gasteiger partial charge in [0.2, 0.25) is 0 Å². The lowest BCUT2D eigenvalue weighted by Crippen LogP contribution is -2.66. The van der Waals surface area contributed by atoms with Crippen molar-refractivity contribution in [3.8, 4) is 0 Å². The van der Waals surface area contributed by atoms with Crippen molar-refractivity contribution in [3.05, 3.63) is 0 Å². The van der Waals surface area contributed by atoms with Crippen molar-refractivity contribution in [1.82, 2.24) is 4.90 Å². The second-order valence-electron chi connectivity index (χ2n) is 10.3. The summed E-state index contributed by atoms with van der Waals surface area (Å²) in [4.78, 5) is 2.44. The van der Waals surface area contributed by atoms with Gasteiger partial charge in [0.15, 0.2) is 0 Å². The summed E-state index contributed by atoms with van der Waals surface area (Å²) in [6, 6.07) is 0.640. The van der Waals surface area contributed by atoms with E-state index in [1.807, 2.05) is 0 Å². The molecule has 0 aromatic rings. The Morgan fingerprint density at radius 1 is 0.815 bits per heavy atom. The van der Waals surface area contributed by atoms with E-state index in [-0.39, 0.29) is 0 Å². The molecule has 0 aromatic carbocycles. The van der Waals surface area contributed by atoms with E-state index in [1.165, 1.54) is 19.3 Å². The van der Waals surface area contributed by atoms with Crippen molar-refractivity contribution in [2.24, 2.45) is 10.8 Å². The van der Waals surface area contributed by atoms with E-state index in [0.29, 0.717) is 41.3 Å². The molecule has 5 nitrogen and oxygen atoms in total. The molecule has 2 bridgehead atoms. The van der Waals surface area contributed by atoms with E-state index >= 15 is 0 Å². The highest BCUT2D eigenvalue weighted by Gasteiger charge is 2.67. The molecule has 1 saturated heterocycles. The minimum Gasteiger partial charge on any atom is -0.378 e. The van der Waals surface area contributed by atoms with Crippen molar-refractivity contribution in [2.75, 3.05) is 39.5 Å². The number of rotatable bonds is 12. The third-order valence-corrected chi connectivity index (χ3v) is 6.99. The van der Waals surface area contributed by atoms with Crippen LogP contribution in [0.2, 0.25) is 0 Å². The van der Waals surface area contributed by atoms with E-state index in [2.05, 4.69) is 32.6 Å². The fourth-order valence-electron chi connectivity index (χ4n) is 5.54. The number of nitrogens with zero attached hydrogens (tertiary/aromatic N) is 1. The van der Waals surface area contributed by atoms with Crippen LogP contribution in [0.25, 0.3) is 0 Å². The number of hydrogen-bond donors (Lipinski definition) is 0. The first-order valence-electron chi connectivity index (χ1n) is 11.1. The van der Waals surface area contributed by atoms with E-state index in [4.69, 9.17) is 18.9 Å². The zero-order valence-corrected chi connectivity index (χ0v) is 17.7. The maximum atomic E-state index is 6.15. The molecule has 1 heterocycles. The smallest absolute Gasteiger partial charge is 0.0830 e. The fraction of sp³-hybridized carbons (Fsp3) is 1.00. The van der Waals surface area contributed by atoms with Gasteiger partial charge in [-0.15, -0.1) is 0 Å². The van der Waals surface area contributed by atoms with Crippen LogP contribution in [-0.4, -0.2) is 74.9 Å². The molecule has 5 rings (SSSR count). The molecule has 1 aliphatic heterocycles. The number of hydrogen-bond acceptors (Lipinski definition) is 5. The van der Waals surface area contributed by atoms with Crippen LogP contribution in [0.1, 0.15) is 59.8 Å². The molecule has 0 radical (unpaired) electrons. The SMILES string of the molecule is CC(C)OC1CC(OCC23CC(COCCOC4CN(C(C)C)C4)(C2)C3)C1. The van der Waals surface area contributed by atoms with Crippen molar-refractivity contribution in [2.45, 2.75) is 90.3 Å². The van der Waals surface area contributed by atoms with Gasteiger partial charge in [-0.1, -0.05) is 0 Å². The molecule has 27 heavy (non-hydrogen) atoms. The summed E-state index contributed by atoms with van der Waals surface area (Å²) in [5.41, 5.74) is 0.952. The largest absolute Gasteiger partial charge is 0.378 e. The van der Waals surface area contributed by atoms with Crippen LogP contribution in [-0.2, 0) is 18.9 Å². The summed E-state index contributed by atoms with van der Waals surface area (Å²) in [5, 5.41) is 0. The molecule has 0 atom stereocenters. The Bertz CT molecular complexity index is 477. The molecular formula is C22H39NO4. The number of ether oxygens (including phenoxy) is 4. The Balaban J connectivity index is 0.990. The maximum absolute atomic E-state index is 6.15. The molecule has 156 valence electrons. The Kier molecular flexibility index (Phi) is 5.88. The van der Waals surface area contributed by atoms with Gasteiger partial charge in [0.05, 0.1) is 50.8 Å². The summed E-state index contributed by atoms with van der Waals surface area (Å²) in [6.45, 7) is 14.2. The predicted molar refractivity (Wildman–Crippen MR) is 105 cm³/mol. The quantitative estimate of drug-likeness (QED) is 0.485. The van der Waals surface area contributed by atoms with Crippen molar-refractivity contribution >= 4 is 0 Å². The maximum Gasteiger partial charge on any atom is 0.0830 e. The minimum atomic E-state index is 0.335. The van der Waals surface area contributed by atoms with Crippen LogP contribution in [0.4, 0.5) is 0 Å². The molecule has 4 aliphatic carbocycles. The second kappa shape index (κ2) is 7.91. The van der Waals surface area contributed by atoms with Crippen LogP contribution >= 0.6 is 0 Å². The lowest BCUT2D eigenvalue weighted by molar-refractivity contribution is -0.266. The van der Waals surface area contributed by atoms with E-state index in [1.54, 1.807) is 0 Å². The monoisotopic (exact) mass is 381 g/mol. The van der Waals surface area contributed by atoms with Gasteiger partial charge in [-0.2, -0.15) is 0 Å². The normalized spacial score (nSPS) is 38.4. The van der Waals surface area contributed by atoms with Crippen molar-refractivity contribution in [3.63, 3.8) is 0 Å². The highest BCUT2D eigenvalue weighted by atomic mass is 16.5. The molecule has 4 saturated carbocycles. The average Bonchev–Trinajstić information content (AvgIpc) is 2.44. The molecule has 5 fully saturated rings. The highest BCUT2D eigenvalue weighted by Crippen LogP contribution is 2.73. The van der Waals surface area contributed by atoms with Crippen LogP contribution in [0, 0.1) is 10.8 Å². The van der Waals surface area contributed by atoms with Crippen LogP contribution in [0.15, 0.2) is 0 Å². The topological polar surface area (TPSA) is 40.2 Å². The van der Waals surface area contributed by atoms with Crippen LogP contribution < -0.4 is 0 Å². The third kappa shape index (κ3) is 4.53. The second-order valence-corrected chi connectivity index (χ2v) is 10.3. The standard InChI is InChI=1S/C22H39NO4/c1-16(2)23-9-20(10-23)25-6-5-24-14-21-11-22(12-21,13-21)15-26-18-7-19(8-18)27-17(3)4/h16-20H,5-15H2,1-4H3. The lowest BCUT2D eigenvalue weighted by Gasteiger charge is -2.70. The minimum absolute atomic E-state index is 0.335. The predicted octanol–water partition coefficient (Wildman–Crippen LogP) is 3.26. The molecule has 0 aromatic heterocycles. The van der Waals surface area contributed by atoms with Gasteiger partial charge < -0.3 is 18.9 Å². The zero-order valence-electron chi connectivity index (χ0n) is 17.7. The molecule has 0 amide bonds. The van der Waals surface area contributed by atoms with Gasteiger partial charge in [-0.3, -0.25) is 4.90 Å². The third-order valence-electron chi connectivity index (χ3n) is 6.99. The van der Waals surface area contributed by atoms with Gasteiger partial charge in [0, 0.05) is 19.1 Å². The van der Waals surface area contributed by atoms with Gasteiger partial charge in [-0.25, -0.2) is 0 Å². The Labute approximate surface area is 165 Å². The Morgan fingerprint density at radius 2 is 1.48 bits per heavy atom. The first-order chi connectivity index (χ1) is 12.9. The van der Waals surface area contributed by atoms with Crippen molar-refractivity contribution < 1.29 is 18.9 Å². The highest BCUT2D eigenvalue weighted by molar-refractivity contribution is 5.17. The molecule has 0 spiro atoms. The van der Waals surface area contributed by atoms with E-state index in [9.17, 15) is 0 Å². The van der Waals surface area contributed by atoms with Gasteiger partial charge in [0.1, 0.15) is 0 Å². The molecular weight excluding hydrogens is 342 g/mol. The summed E-state index contributed by atoms with van der Waals surface area (Å²) in [5.74, 6) is 0. The number of likely N-dealkylation sites (tertiary alicyclic amines) is 1. The van der Waals surface area contributed by atoms with Crippen LogP contribution in [0.3, 0.4) is 0 Å². The molecule has 0 N–H and O–H groups in total. The van der Waals surface area contributed by atoms with Crippen LogP contribution in [0.5, 0.6) is 0 Å². The summed E-state index contributed by atoms with van der Waals surface area (Å²) in [6.07, 6.45) is 7.67. The van der Waals surface area contributed by atoms with E-state index in [0.717, 1.165) is 52.4 Å². The summed E-state index contributed by atoms with van der Waals surface area (Å²) < 4.78 is 23.8. The molecule has 5 heteroatoms. The van der Waals surface area contributed by atoms with Gasteiger partial charge in [-0.05, 0) is 70.6 Å². The molecule has 0 unspecified atom stereocenters. The van der Waals surface area contributed by atoms with Gasteiger partial charge >= 0.3 is 0 Å². The Hall–Kier alpha value is -0.200. The lowest BCUT2D eigenvalue weighted by atomic mass is 9.35. The zero-order chi connectivity index (χ0) is 19.1. The Morgan fingerprint density at radius 3 is 2.11 bits per heavy atom. The van der Waals surface area contributed by atoms with E-state index < -0.39 is 0 Å². The first kappa shape index (κ1) is 20.1. The fourth-order valence-corrected chi connectivity index (χ4v) is 5.54. The average molecular weight is 382 g/mol. The summed E-state index contributed by atoms with van der Waals surface area (Å²) >= 11 is 0. The molecule has 5 aliphatic rings. The summed E-state index contributed by atoms with van der Waals surface area (Å²) in [7, 11) is 0. The first-order valence-corrected chi connectivity index (χ1v) is 11.1. The van der Waals surface area contributed by atoms with Gasteiger partial charge in [0.25, 0.3) is 0 Å².